The highest BCUT2D eigenvalue weighted by Crippen LogP contribution is 2.47. The van der Waals surface area contributed by atoms with Crippen LogP contribution in [0, 0.1) is 17.1 Å². The summed E-state index contributed by atoms with van der Waals surface area (Å²) < 4.78 is 13.9. The quantitative estimate of drug-likeness (QED) is 0.619. The van der Waals surface area contributed by atoms with Crippen molar-refractivity contribution in [2.45, 2.75) is 31.7 Å². The average molecular weight is 350 g/mol. The molecule has 26 heavy (non-hydrogen) atoms. The summed E-state index contributed by atoms with van der Waals surface area (Å²) in [6, 6.07) is 16.9. The van der Waals surface area contributed by atoms with E-state index in [0.717, 1.165) is 25.9 Å². The van der Waals surface area contributed by atoms with Crippen molar-refractivity contribution in [2.24, 2.45) is 4.99 Å². The minimum Gasteiger partial charge on any atom is -0.357 e. The molecule has 1 fully saturated rings. The summed E-state index contributed by atoms with van der Waals surface area (Å²) in [7, 11) is 0. The van der Waals surface area contributed by atoms with Crippen LogP contribution in [0.15, 0.2) is 53.5 Å². The Hall–Kier alpha value is -2.87. The number of nitriles is 1. The van der Waals surface area contributed by atoms with E-state index >= 15 is 0 Å². The van der Waals surface area contributed by atoms with Crippen molar-refractivity contribution in [2.75, 3.05) is 13.1 Å². The molecule has 2 N–H and O–H groups in total. The molecular formula is C21H23FN4. The number of halogens is 1. The molecule has 2 aromatic rings. The van der Waals surface area contributed by atoms with Gasteiger partial charge in [0.1, 0.15) is 5.82 Å². The smallest absolute Gasteiger partial charge is 0.191 e. The highest BCUT2D eigenvalue weighted by Gasteiger charge is 2.43. The fraction of sp³-hybridized carbons (Fsp3) is 0.333. The zero-order valence-corrected chi connectivity index (χ0v) is 14.9. The molecule has 2 aromatic carbocycles. The number of aliphatic imine (C=N–C) groups is 1. The molecular weight excluding hydrogens is 327 g/mol. The summed E-state index contributed by atoms with van der Waals surface area (Å²) in [6.07, 6.45) is 2.31. The predicted octanol–water partition coefficient (Wildman–Crippen LogP) is 3.48. The molecule has 0 saturated heterocycles. The molecule has 134 valence electrons. The van der Waals surface area contributed by atoms with Gasteiger partial charge in [-0.05, 0) is 43.5 Å². The highest BCUT2D eigenvalue weighted by molar-refractivity contribution is 5.80. The van der Waals surface area contributed by atoms with Gasteiger partial charge in [0.15, 0.2) is 5.96 Å². The van der Waals surface area contributed by atoms with Crippen molar-refractivity contribution >= 4 is 5.96 Å². The lowest BCUT2D eigenvalue weighted by Crippen LogP contribution is -2.41. The highest BCUT2D eigenvalue weighted by atomic mass is 19.1. The summed E-state index contributed by atoms with van der Waals surface area (Å²) in [5.41, 5.74) is 2.38. The summed E-state index contributed by atoms with van der Waals surface area (Å²) in [5.74, 6) is 0.322. The maximum absolute atomic E-state index is 13.9. The van der Waals surface area contributed by atoms with Crippen LogP contribution < -0.4 is 10.6 Å². The van der Waals surface area contributed by atoms with E-state index < -0.39 is 0 Å². The summed E-state index contributed by atoms with van der Waals surface area (Å²) in [5, 5.41) is 15.6. The lowest BCUT2D eigenvalue weighted by atomic mass is 9.96. The fourth-order valence-corrected chi connectivity index (χ4v) is 3.03. The van der Waals surface area contributed by atoms with Crippen LogP contribution in [0.4, 0.5) is 4.39 Å². The Morgan fingerprint density at radius 3 is 2.62 bits per heavy atom. The number of rotatable bonds is 6. The normalized spacial score (nSPS) is 15.2. The van der Waals surface area contributed by atoms with Gasteiger partial charge in [-0.15, -0.1) is 0 Å². The summed E-state index contributed by atoms with van der Waals surface area (Å²) in [6.45, 7) is 3.71. The fourth-order valence-electron chi connectivity index (χ4n) is 3.03. The monoisotopic (exact) mass is 350 g/mol. The van der Waals surface area contributed by atoms with Crippen molar-refractivity contribution in [1.29, 1.82) is 5.26 Å². The first-order valence-electron chi connectivity index (χ1n) is 8.93. The maximum atomic E-state index is 13.9. The lowest BCUT2D eigenvalue weighted by molar-refractivity contribution is 0.609. The molecule has 0 heterocycles. The number of benzene rings is 2. The Balaban J connectivity index is 1.68. The van der Waals surface area contributed by atoms with Crippen LogP contribution in [0.3, 0.4) is 0 Å². The van der Waals surface area contributed by atoms with Gasteiger partial charge in [-0.25, -0.2) is 9.38 Å². The van der Waals surface area contributed by atoms with Crippen molar-refractivity contribution in [3.63, 3.8) is 0 Å². The molecule has 0 amide bonds. The van der Waals surface area contributed by atoms with E-state index in [1.54, 1.807) is 6.07 Å². The topological polar surface area (TPSA) is 60.2 Å². The number of guanidine groups is 1. The first-order chi connectivity index (χ1) is 12.7. The molecule has 1 aliphatic rings. The molecule has 4 nitrogen and oxygen atoms in total. The second kappa shape index (κ2) is 8.01. The van der Waals surface area contributed by atoms with Gasteiger partial charge in [0.25, 0.3) is 0 Å². The van der Waals surface area contributed by atoms with Gasteiger partial charge >= 0.3 is 0 Å². The van der Waals surface area contributed by atoms with Crippen LogP contribution in [0.1, 0.15) is 36.5 Å². The second-order valence-electron chi connectivity index (χ2n) is 6.61. The number of hydrogen-bond donors (Lipinski definition) is 2. The van der Waals surface area contributed by atoms with Gasteiger partial charge in [-0.2, -0.15) is 5.26 Å². The molecule has 0 aromatic heterocycles. The molecule has 0 aliphatic heterocycles. The molecule has 0 radical (unpaired) electrons. The van der Waals surface area contributed by atoms with Gasteiger partial charge in [-0.3, -0.25) is 0 Å². The van der Waals surface area contributed by atoms with Gasteiger partial charge in [0, 0.05) is 24.1 Å². The predicted molar refractivity (Wildman–Crippen MR) is 101 cm³/mol. The van der Waals surface area contributed by atoms with Crippen LogP contribution >= 0.6 is 0 Å². The molecule has 0 atom stereocenters. The summed E-state index contributed by atoms with van der Waals surface area (Å²) >= 11 is 0. The van der Waals surface area contributed by atoms with Crippen LogP contribution in [0.2, 0.25) is 0 Å². The molecule has 0 spiro atoms. The van der Waals surface area contributed by atoms with Crippen LogP contribution in [0.25, 0.3) is 0 Å². The molecule has 1 saturated carbocycles. The van der Waals surface area contributed by atoms with E-state index in [2.05, 4.69) is 39.9 Å². The first-order valence-corrected chi connectivity index (χ1v) is 8.93. The second-order valence-corrected chi connectivity index (χ2v) is 6.61. The maximum Gasteiger partial charge on any atom is 0.191 e. The Bertz CT molecular complexity index is 820. The van der Waals surface area contributed by atoms with E-state index in [1.165, 1.54) is 17.7 Å². The Morgan fingerprint density at radius 1 is 1.19 bits per heavy atom. The number of nitrogens with zero attached hydrogens (tertiary/aromatic N) is 2. The zero-order chi connectivity index (χ0) is 18.4. The van der Waals surface area contributed by atoms with Crippen molar-refractivity contribution < 1.29 is 4.39 Å². The Kier molecular flexibility index (Phi) is 5.52. The van der Waals surface area contributed by atoms with E-state index in [4.69, 9.17) is 5.26 Å². The average Bonchev–Trinajstić information content (AvgIpc) is 3.47. The van der Waals surface area contributed by atoms with Gasteiger partial charge in [0.05, 0.1) is 18.2 Å². The van der Waals surface area contributed by atoms with Crippen molar-refractivity contribution in [1.82, 2.24) is 10.6 Å². The first kappa shape index (κ1) is 17.9. The number of hydrogen-bond acceptors (Lipinski definition) is 2. The third-order valence-corrected chi connectivity index (χ3v) is 4.76. The summed E-state index contributed by atoms with van der Waals surface area (Å²) in [4.78, 5) is 4.49. The van der Waals surface area contributed by atoms with Crippen molar-refractivity contribution in [3.8, 4) is 6.07 Å². The van der Waals surface area contributed by atoms with E-state index in [9.17, 15) is 4.39 Å². The SMILES string of the molecule is CCNC(=NCc1cc(C#N)ccc1F)NCC1(c2ccccc2)CC1. The molecule has 0 unspecified atom stereocenters. The minimum absolute atomic E-state index is 0.170. The van der Waals surface area contributed by atoms with E-state index in [1.807, 2.05) is 19.1 Å². The van der Waals surface area contributed by atoms with Crippen LogP contribution in [-0.4, -0.2) is 19.0 Å². The van der Waals surface area contributed by atoms with E-state index in [-0.39, 0.29) is 17.8 Å². The lowest BCUT2D eigenvalue weighted by Gasteiger charge is -2.19. The van der Waals surface area contributed by atoms with Crippen molar-refractivity contribution in [3.05, 3.63) is 71.0 Å². The Morgan fingerprint density at radius 2 is 1.96 bits per heavy atom. The third-order valence-electron chi connectivity index (χ3n) is 4.76. The minimum atomic E-state index is -0.341. The van der Waals surface area contributed by atoms with Gasteiger partial charge < -0.3 is 10.6 Å². The molecule has 1 aliphatic carbocycles. The Labute approximate surface area is 153 Å². The third kappa shape index (κ3) is 4.20. The molecule has 0 bridgehead atoms. The molecule has 3 rings (SSSR count). The largest absolute Gasteiger partial charge is 0.357 e. The van der Waals surface area contributed by atoms with Crippen LogP contribution in [0.5, 0.6) is 0 Å². The van der Waals surface area contributed by atoms with E-state index in [0.29, 0.717) is 17.1 Å². The standard InChI is InChI=1S/C21H23FN4/c1-2-24-20(25-14-17-12-16(13-23)8-9-19(17)22)26-15-21(10-11-21)18-6-4-3-5-7-18/h3-9,12H,2,10-11,14-15H2,1H3,(H2,24,25,26). The zero-order valence-electron chi connectivity index (χ0n) is 14.9. The van der Waals surface area contributed by atoms with Crippen LogP contribution in [-0.2, 0) is 12.0 Å². The van der Waals surface area contributed by atoms with Gasteiger partial charge in [-0.1, -0.05) is 30.3 Å². The number of nitrogens with one attached hydrogen (secondary N) is 2. The molecule has 5 heteroatoms. The van der Waals surface area contributed by atoms with Gasteiger partial charge in [0.2, 0.25) is 0 Å².